The average Bonchev–Trinajstić information content (AvgIpc) is 2.39. The minimum Gasteiger partial charge on any atom is -0.313 e. The van der Waals surface area contributed by atoms with Crippen molar-refractivity contribution in [2.75, 3.05) is 6.54 Å². The molecule has 0 spiro atoms. The molecule has 100 valence electrons. The van der Waals surface area contributed by atoms with Gasteiger partial charge in [-0.15, -0.1) is 0 Å². The lowest BCUT2D eigenvalue weighted by Crippen LogP contribution is -2.14. The summed E-state index contributed by atoms with van der Waals surface area (Å²) in [7, 11) is 0. The first kappa shape index (κ1) is 14.0. The van der Waals surface area contributed by atoms with Crippen molar-refractivity contribution in [3.63, 3.8) is 0 Å². The molecule has 1 nitrogen and oxygen atoms in total. The van der Waals surface area contributed by atoms with Gasteiger partial charge in [-0.05, 0) is 53.9 Å². The molecule has 0 saturated heterocycles. The summed E-state index contributed by atoms with van der Waals surface area (Å²) in [6.45, 7) is 3.81. The molecule has 2 aromatic carbocycles. The molecule has 19 heavy (non-hydrogen) atoms. The van der Waals surface area contributed by atoms with Gasteiger partial charge >= 0.3 is 0 Å². The Balaban J connectivity index is 2.33. The second-order valence-corrected chi connectivity index (χ2v) is 4.93. The van der Waals surface area contributed by atoms with Gasteiger partial charge in [0, 0.05) is 11.6 Å². The molecule has 0 aliphatic heterocycles. The van der Waals surface area contributed by atoms with Gasteiger partial charge in [-0.2, -0.15) is 0 Å². The third kappa shape index (κ3) is 3.79. The topological polar surface area (TPSA) is 12.0 Å². The third-order valence-electron chi connectivity index (χ3n) is 2.95. The zero-order chi connectivity index (χ0) is 13.7. The van der Waals surface area contributed by atoms with Crippen LogP contribution >= 0.6 is 11.6 Å². The van der Waals surface area contributed by atoms with Gasteiger partial charge in [-0.3, -0.25) is 0 Å². The van der Waals surface area contributed by atoms with Gasteiger partial charge in [0.15, 0.2) is 0 Å². The monoisotopic (exact) mass is 277 g/mol. The summed E-state index contributed by atoms with van der Waals surface area (Å²) < 4.78 is 13.3. The average molecular weight is 278 g/mol. The predicted octanol–water partition coefficient (Wildman–Crippen LogP) is 4.65. The molecule has 0 radical (unpaired) electrons. The molecule has 0 bridgehead atoms. The van der Waals surface area contributed by atoms with Crippen LogP contribution in [0.1, 0.15) is 18.9 Å². The van der Waals surface area contributed by atoms with E-state index in [-0.39, 0.29) is 5.82 Å². The fraction of sp³-hybridized carbons (Fsp3) is 0.250. The van der Waals surface area contributed by atoms with E-state index in [4.69, 9.17) is 11.6 Å². The number of halogens is 2. The van der Waals surface area contributed by atoms with E-state index < -0.39 is 0 Å². The number of rotatable bonds is 5. The highest BCUT2D eigenvalue weighted by Crippen LogP contribution is 2.27. The Bertz CT molecular complexity index is 554. The molecule has 0 aliphatic rings. The maximum atomic E-state index is 13.3. The number of nitrogens with one attached hydrogen (secondary N) is 1. The van der Waals surface area contributed by atoms with E-state index in [0.29, 0.717) is 5.02 Å². The summed E-state index contributed by atoms with van der Waals surface area (Å²) in [5, 5.41) is 4.05. The summed E-state index contributed by atoms with van der Waals surface area (Å²) in [6.07, 6.45) is 1.08. The Morgan fingerprint density at radius 3 is 2.74 bits per heavy atom. The molecule has 0 heterocycles. The normalized spacial score (nSPS) is 10.7. The van der Waals surface area contributed by atoms with E-state index in [1.165, 1.54) is 6.07 Å². The van der Waals surface area contributed by atoms with Crippen LogP contribution in [-0.2, 0) is 6.54 Å². The lowest BCUT2D eigenvalue weighted by atomic mass is 9.99. The zero-order valence-electron chi connectivity index (χ0n) is 10.9. The van der Waals surface area contributed by atoms with Crippen molar-refractivity contribution in [1.82, 2.24) is 5.32 Å². The van der Waals surface area contributed by atoms with Crippen molar-refractivity contribution >= 4 is 11.6 Å². The van der Waals surface area contributed by atoms with Crippen molar-refractivity contribution in [3.05, 3.63) is 58.9 Å². The van der Waals surface area contributed by atoms with E-state index in [9.17, 15) is 4.39 Å². The Kier molecular flexibility index (Phi) is 4.94. The predicted molar refractivity (Wildman–Crippen MR) is 78.8 cm³/mol. The molecule has 0 amide bonds. The summed E-state index contributed by atoms with van der Waals surface area (Å²) >= 11 is 6.05. The van der Waals surface area contributed by atoms with E-state index in [1.54, 1.807) is 12.1 Å². The standard InChI is InChI=1S/C16H17ClFN/c1-2-8-19-11-13-9-14(17)6-7-16(13)12-4-3-5-15(18)10-12/h3-7,9-10,19H,2,8,11H2,1H3. The maximum Gasteiger partial charge on any atom is 0.123 e. The Morgan fingerprint density at radius 1 is 1.16 bits per heavy atom. The second kappa shape index (κ2) is 6.69. The third-order valence-corrected chi connectivity index (χ3v) is 3.18. The van der Waals surface area contributed by atoms with Gasteiger partial charge in [0.1, 0.15) is 5.82 Å². The molecule has 0 fully saturated rings. The molecule has 0 unspecified atom stereocenters. The summed E-state index contributed by atoms with van der Waals surface area (Å²) in [5.74, 6) is -0.222. The Hall–Kier alpha value is -1.38. The van der Waals surface area contributed by atoms with Gasteiger partial charge in [0.05, 0.1) is 0 Å². The molecule has 3 heteroatoms. The van der Waals surface area contributed by atoms with E-state index in [1.807, 2.05) is 24.3 Å². The molecule has 0 atom stereocenters. The SMILES string of the molecule is CCCNCc1cc(Cl)ccc1-c1cccc(F)c1. The minimum atomic E-state index is -0.222. The molecular weight excluding hydrogens is 261 g/mol. The zero-order valence-corrected chi connectivity index (χ0v) is 11.7. The van der Waals surface area contributed by atoms with Crippen molar-refractivity contribution in [3.8, 4) is 11.1 Å². The first-order chi connectivity index (χ1) is 9.20. The second-order valence-electron chi connectivity index (χ2n) is 4.49. The van der Waals surface area contributed by atoms with Crippen LogP contribution in [0.5, 0.6) is 0 Å². The molecule has 1 N–H and O–H groups in total. The number of hydrogen-bond acceptors (Lipinski definition) is 1. The van der Waals surface area contributed by atoms with E-state index in [0.717, 1.165) is 36.2 Å². The van der Waals surface area contributed by atoms with Gasteiger partial charge < -0.3 is 5.32 Å². The van der Waals surface area contributed by atoms with Crippen LogP contribution in [0.4, 0.5) is 4.39 Å². The van der Waals surface area contributed by atoms with Crippen LogP contribution in [0.25, 0.3) is 11.1 Å². The number of benzene rings is 2. The van der Waals surface area contributed by atoms with Gasteiger partial charge in [0.2, 0.25) is 0 Å². The molecule has 0 aliphatic carbocycles. The fourth-order valence-electron chi connectivity index (χ4n) is 2.05. The van der Waals surface area contributed by atoms with E-state index in [2.05, 4.69) is 12.2 Å². The van der Waals surface area contributed by atoms with Crippen molar-refractivity contribution in [2.24, 2.45) is 0 Å². The summed E-state index contributed by atoms with van der Waals surface area (Å²) in [5.41, 5.74) is 2.99. The van der Waals surface area contributed by atoms with E-state index >= 15 is 0 Å². The molecular formula is C16H17ClFN. The molecule has 2 aromatic rings. The Labute approximate surface area is 118 Å². The van der Waals surface area contributed by atoms with Gasteiger partial charge in [-0.1, -0.05) is 36.7 Å². The first-order valence-corrected chi connectivity index (χ1v) is 6.83. The molecule has 0 saturated carbocycles. The number of hydrogen-bond donors (Lipinski definition) is 1. The van der Waals surface area contributed by atoms with Crippen LogP contribution < -0.4 is 5.32 Å². The molecule has 2 rings (SSSR count). The van der Waals surface area contributed by atoms with Crippen LogP contribution in [0.15, 0.2) is 42.5 Å². The van der Waals surface area contributed by atoms with Crippen LogP contribution in [0, 0.1) is 5.82 Å². The first-order valence-electron chi connectivity index (χ1n) is 6.46. The highest BCUT2D eigenvalue weighted by molar-refractivity contribution is 6.30. The Morgan fingerprint density at radius 2 is 2.00 bits per heavy atom. The quantitative estimate of drug-likeness (QED) is 0.785. The minimum absolute atomic E-state index is 0.222. The molecule has 0 aromatic heterocycles. The lowest BCUT2D eigenvalue weighted by molar-refractivity contribution is 0.628. The highest BCUT2D eigenvalue weighted by Gasteiger charge is 2.06. The lowest BCUT2D eigenvalue weighted by Gasteiger charge is -2.11. The van der Waals surface area contributed by atoms with Gasteiger partial charge in [0.25, 0.3) is 0 Å². The fourth-order valence-corrected chi connectivity index (χ4v) is 2.24. The van der Waals surface area contributed by atoms with Gasteiger partial charge in [-0.25, -0.2) is 4.39 Å². The van der Waals surface area contributed by atoms with Crippen molar-refractivity contribution in [2.45, 2.75) is 19.9 Å². The summed E-state index contributed by atoms with van der Waals surface area (Å²) in [6, 6.07) is 12.4. The van der Waals surface area contributed by atoms with Crippen LogP contribution in [-0.4, -0.2) is 6.54 Å². The highest BCUT2D eigenvalue weighted by atomic mass is 35.5. The maximum absolute atomic E-state index is 13.3. The largest absolute Gasteiger partial charge is 0.313 e. The summed E-state index contributed by atoms with van der Waals surface area (Å²) in [4.78, 5) is 0. The van der Waals surface area contributed by atoms with Crippen LogP contribution in [0.3, 0.4) is 0 Å². The smallest absolute Gasteiger partial charge is 0.123 e. The van der Waals surface area contributed by atoms with Crippen molar-refractivity contribution < 1.29 is 4.39 Å². The van der Waals surface area contributed by atoms with Crippen LogP contribution in [0.2, 0.25) is 5.02 Å². The van der Waals surface area contributed by atoms with Crippen molar-refractivity contribution in [1.29, 1.82) is 0 Å².